The zero-order valence-electron chi connectivity index (χ0n) is 12.0. The lowest BCUT2D eigenvalue weighted by Gasteiger charge is -2.36. The molecule has 1 atom stereocenters. The molecule has 2 N–H and O–H groups in total. The van der Waals surface area contributed by atoms with Crippen LogP contribution in [-0.2, 0) is 4.79 Å². The lowest BCUT2D eigenvalue weighted by Crippen LogP contribution is -2.46. The van der Waals surface area contributed by atoms with Gasteiger partial charge in [0.2, 0.25) is 5.91 Å². The molecule has 1 amide bonds. The highest BCUT2D eigenvalue weighted by Gasteiger charge is 2.25. The van der Waals surface area contributed by atoms with E-state index in [0.717, 1.165) is 32.4 Å². The Morgan fingerprint density at radius 3 is 2.72 bits per heavy atom. The molecule has 1 aliphatic heterocycles. The minimum absolute atomic E-state index is 0.0622. The van der Waals surface area contributed by atoms with Gasteiger partial charge in [0.1, 0.15) is 0 Å². The predicted octanol–water partition coefficient (Wildman–Crippen LogP) is 1.53. The van der Waals surface area contributed by atoms with Gasteiger partial charge < -0.3 is 15.3 Å². The molecule has 1 rings (SSSR count). The van der Waals surface area contributed by atoms with Crippen molar-refractivity contribution in [1.29, 1.82) is 0 Å². The minimum Gasteiger partial charge on any atom is -0.396 e. The standard InChI is InChI=1S/C14H28N2O2/c1-14(2,3)15-9-7-13(18)16-10-5-4-6-12(16)8-11-17/h12,15,17H,4-11H2,1-3H3. The fraction of sp³-hybridized carbons (Fsp3) is 0.929. The predicted molar refractivity (Wildman–Crippen MR) is 73.4 cm³/mol. The highest BCUT2D eigenvalue weighted by Crippen LogP contribution is 2.20. The van der Waals surface area contributed by atoms with E-state index < -0.39 is 0 Å². The summed E-state index contributed by atoms with van der Waals surface area (Å²) >= 11 is 0. The van der Waals surface area contributed by atoms with E-state index >= 15 is 0 Å². The molecular weight excluding hydrogens is 228 g/mol. The average molecular weight is 256 g/mol. The maximum absolute atomic E-state index is 12.2. The molecule has 106 valence electrons. The maximum Gasteiger partial charge on any atom is 0.224 e. The van der Waals surface area contributed by atoms with Gasteiger partial charge in [0.15, 0.2) is 0 Å². The maximum atomic E-state index is 12.2. The van der Waals surface area contributed by atoms with Gasteiger partial charge >= 0.3 is 0 Å². The van der Waals surface area contributed by atoms with E-state index in [1.807, 2.05) is 4.90 Å². The minimum atomic E-state index is 0.0622. The number of carbonyl (C=O) groups excluding carboxylic acids is 1. The Hall–Kier alpha value is -0.610. The van der Waals surface area contributed by atoms with Crippen LogP contribution in [-0.4, -0.2) is 47.2 Å². The van der Waals surface area contributed by atoms with E-state index in [1.165, 1.54) is 6.42 Å². The highest BCUT2D eigenvalue weighted by molar-refractivity contribution is 5.76. The van der Waals surface area contributed by atoms with Crippen LogP contribution >= 0.6 is 0 Å². The van der Waals surface area contributed by atoms with Gasteiger partial charge in [-0.2, -0.15) is 0 Å². The number of amides is 1. The Morgan fingerprint density at radius 2 is 2.11 bits per heavy atom. The summed E-state index contributed by atoms with van der Waals surface area (Å²) < 4.78 is 0. The number of nitrogens with one attached hydrogen (secondary N) is 1. The number of likely N-dealkylation sites (tertiary alicyclic amines) is 1. The summed E-state index contributed by atoms with van der Waals surface area (Å²) in [6.45, 7) is 8.07. The second-order valence-electron chi connectivity index (χ2n) is 6.18. The third-order valence-corrected chi connectivity index (χ3v) is 3.40. The molecule has 0 aliphatic carbocycles. The average Bonchev–Trinajstić information content (AvgIpc) is 2.28. The van der Waals surface area contributed by atoms with Crippen molar-refractivity contribution in [2.45, 2.75) is 64.5 Å². The van der Waals surface area contributed by atoms with Crippen LogP contribution in [0.5, 0.6) is 0 Å². The summed E-state index contributed by atoms with van der Waals surface area (Å²) in [5.41, 5.74) is 0.0622. The van der Waals surface area contributed by atoms with Gasteiger partial charge in [-0.15, -0.1) is 0 Å². The third-order valence-electron chi connectivity index (χ3n) is 3.40. The fourth-order valence-electron chi connectivity index (χ4n) is 2.47. The molecule has 0 radical (unpaired) electrons. The summed E-state index contributed by atoms with van der Waals surface area (Å²) in [5, 5.41) is 12.4. The molecule has 1 heterocycles. The van der Waals surface area contributed by atoms with Gasteiger partial charge in [0.25, 0.3) is 0 Å². The Kier molecular flexibility index (Phi) is 6.09. The molecule has 0 aromatic heterocycles. The molecule has 0 aromatic carbocycles. The van der Waals surface area contributed by atoms with Crippen molar-refractivity contribution >= 4 is 5.91 Å². The lowest BCUT2D eigenvalue weighted by atomic mass is 9.99. The molecule has 0 bridgehead atoms. The normalized spacial score (nSPS) is 21.1. The Balaban J connectivity index is 2.38. The summed E-state index contributed by atoms with van der Waals surface area (Å²) in [4.78, 5) is 14.1. The van der Waals surface area contributed by atoms with Crippen molar-refractivity contribution in [2.24, 2.45) is 0 Å². The number of carbonyl (C=O) groups is 1. The first kappa shape index (κ1) is 15.4. The number of hydrogen-bond donors (Lipinski definition) is 2. The SMILES string of the molecule is CC(C)(C)NCCC(=O)N1CCCCC1CCO. The Bertz CT molecular complexity index is 259. The van der Waals surface area contributed by atoms with Gasteiger partial charge in [-0.05, 0) is 46.5 Å². The lowest BCUT2D eigenvalue weighted by molar-refractivity contribution is -0.135. The topological polar surface area (TPSA) is 52.6 Å². The number of piperidine rings is 1. The molecule has 1 saturated heterocycles. The van der Waals surface area contributed by atoms with Gasteiger partial charge in [0.05, 0.1) is 0 Å². The molecule has 0 spiro atoms. The summed E-state index contributed by atoms with van der Waals surface area (Å²) in [5.74, 6) is 0.227. The monoisotopic (exact) mass is 256 g/mol. The molecule has 1 fully saturated rings. The number of aliphatic hydroxyl groups excluding tert-OH is 1. The van der Waals surface area contributed by atoms with Crippen LogP contribution in [0.1, 0.15) is 52.9 Å². The molecule has 18 heavy (non-hydrogen) atoms. The van der Waals surface area contributed by atoms with Crippen molar-refractivity contribution in [3.8, 4) is 0 Å². The number of hydrogen-bond acceptors (Lipinski definition) is 3. The number of nitrogens with zero attached hydrogens (tertiary/aromatic N) is 1. The molecule has 1 aliphatic rings. The van der Waals surface area contributed by atoms with Crippen molar-refractivity contribution < 1.29 is 9.90 Å². The smallest absolute Gasteiger partial charge is 0.224 e. The quantitative estimate of drug-likeness (QED) is 0.784. The van der Waals surface area contributed by atoms with Crippen LogP contribution < -0.4 is 5.32 Å². The van der Waals surface area contributed by atoms with Gasteiger partial charge in [-0.1, -0.05) is 0 Å². The largest absolute Gasteiger partial charge is 0.396 e. The van der Waals surface area contributed by atoms with E-state index in [4.69, 9.17) is 5.11 Å². The zero-order valence-corrected chi connectivity index (χ0v) is 12.0. The first-order chi connectivity index (χ1) is 8.44. The van der Waals surface area contributed by atoms with E-state index in [2.05, 4.69) is 26.1 Å². The first-order valence-corrected chi connectivity index (χ1v) is 7.09. The molecule has 4 heteroatoms. The van der Waals surface area contributed by atoms with Crippen molar-refractivity contribution in [1.82, 2.24) is 10.2 Å². The third kappa shape index (κ3) is 5.36. The van der Waals surface area contributed by atoms with Crippen LogP contribution in [0.25, 0.3) is 0 Å². The van der Waals surface area contributed by atoms with Crippen molar-refractivity contribution in [3.05, 3.63) is 0 Å². The number of aliphatic hydroxyl groups is 1. The molecular formula is C14H28N2O2. The van der Waals surface area contributed by atoms with E-state index in [-0.39, 0.29) is 24.1 Å². The highest BCUT2D eigenvalue weighted by atomic mass is 16.3. The van der Waals surface area contributed by atoms with Crippen LogP contribution in [0.15, 0.2) is 0 Å². The van der Waals surface area contributed by atoms with Crippen LogP contribution in [0.4, 0.5) is 0 Å². The summed E-state index contributed by atoms with van der Waals surface area (Å²) in [6, 6.07) is 0.255. The van der Waals surface area contributed by atoms with Gasteiger partial charge in [0, 0.05) is 37.7 Å². The molecule has 1 unspecified atom stereocenters. The van der Waals surface area contributed by atoms with Crippen LogP contribution in [0, 0.1) is 0 Å². The fourth-order valence-corrected chi connectivity index (χ4v) is 2.47. The Morgan fingerprint density at radius 1 is 1.39 bits per heavy atom. The summed E-state index contributed by atoms with van der Waals surface area (Å²) in [7, 11) is 0. The molecule has 0 saturated carbocycles. The molecule has 0 aromatic rings. The van der Waals surface area contributed by atoms with E-state index in [0.29, 0.717) is 6.42 Å². The zero-order chi connectivity index (χ0) is 13.6. The van der Waals surface area contributed by atoms with Gasteiger partial charge in [-0.3, -0.25) is 4.79 Å². The van der Waals surface area contributed by atoms with E-state index in [9.17, 15) is 4.79 Å². The van der Waals surface area contributed by atoms with Gasteiger partial charge in [-0.25, -0.2) is 0 Å². The molecule has 4 nitrogen and oxygen atoms in total. The van der Waals surface area contributed by atoms with Crippen LogP contribution in [0.3, 0.4) is 0 Å². The second-order valence-corrected chi connectivity index (χ2v) is 6.18. The Labute approximate surface area is 111 Å². The summed E-state index contributed by atoms with van der Waals surface area (Å²) in [6.07, 6.45) is 4.59. The first-order valence-electron chi connectivity index (χ1n) is 7.09. The van der Waals surface area contributed by atoms with E-state index in [1.54, 1.807) is 0 Å². The van der Waals surface area contributed by atoms with Crippen molar-refractivity contribution in [3.63, 3.8) is 0 Å². The second kappa shape index (κ2) is 7.10. The van der Waals surface area contributed by atoms with Crippen LogP contribution in [0.2, 0.25) is 0 Å². The van der Waals surface area contributed by atoms with Crippen molar-refractivity contribution in [2.75, 3.05) is 19.7 Å². The number of rotatable bonds is 5.